The molecule has 0 N–H and O–H groups in total. The van der Waals surface area contributed by atoms with Crippen LogP contribution in [0.15, 0.2) is 0 Å². The van der Waals surface area contributed by atoms with Crippen LogP contribution in [0.25, 0.3) is 0 Å². The van der Waals surface area contributed by atoms with Crippen LogP contribution < -0.4 is 0 Å². The van der Waals surface area contributed by atoms with Gasteiger partial charge in [0.1, 0.15) is 0 Å². The topological polar surface area (TPSA) is 0 Å². The predicted molar refractivity (Wildman–Crippen MR) is 50.9 cm³/mol. The van der Waals surface area contributed by atoms with Gasteiger partial charge in [0.2, 0.25) is 0 Å². The zero-order valence-corrected chi connectivity index (χ0v) is 8.91. The van der Waals surface area contributed by atoms with E-state index in [1.807, 2.05) is 0 Å². The van der Waals surface area contributed by atoms with Crippen LogP contribution in [0.5, 0.6) is 0 Å². The van der Waals surface area contributed by atoms with Crippen molar-refractivity contribution in [2.24, 2.45) is 0 Å². The van der Waals surface area contributed by atoms with Crippen molar-refractivity contribution in [2.45, 2.75) is 35.4 Å². The zero-order valence-electron chi connectivity index (χ0n) is 5.16. The lowest BCUT2D eigenvalue weighted by molar-refractivity contribution is 0.704. The number of hydrogen-bond acceptors (Lipinski definition) is 0. The molecule has 0 aromatic rings. The summed E-state index contributed by atoms with van der Waals surface area (Å²) in [7, 11) is 0. The Morgan fingerprint density at radius 3 is 2.50 bits per heavy atom. The van der Waals surface area contributed by atoms with Crippen molar-refractivity contribution in [3.63, 3.8) is 0 Å². The number of hydrogen-bond donors (Lipinski definition) is 0. The second-order valence-corrected chi connectivity index (χ2v) is 6.21. The van der Waals surface area contributed by atoms with Crippen LogP contribution in [-0.4, -0.2) is 2.83 Å². The third-order valence-corrected chi connectivity index (χ3v) is 2.11. The quantitative estimate of drug-likeness (QED) is 0.420. The Labute approximate surface area is 73.7 Å². The van der Waals surface area contributed by atoms with Gasteiger partial charge in [0, 0.05) is 0 Å². The summed E-state index contributed by atoms with van der Waals surface area (Å²) in [5.41, 5.74) is 0. The summed E-state index contributed by atoms with van der Waals surface area (Å²) in [6.07, 6.45) is 5.39. The van der Waals surface area contributed by atoms with Crippen LogP contribution in [0.4, 0.5) is 0 Å². The van der Waals surface area contributed by atoms with Crippen LogP contribution in [0.1, 0.15) is 32.6 Å². The molecule has 0 aliphatic carbocycles. The van der Waals surface area contributed by atoms with Gasteiger partial charge in [0.15, 0.2) is 0 Å². The molecular formula is C6H12BrI. The minimum Gasteiger partial charge on any atom is -0.0775 e. The van der Waals surface area contributed by atoms with E-state index in [1.165, 1.54) is 25.7 Å². The first-order valence-electron chi connectivity index (χ1n) is 3.05. The van der Waals surface area contributed by atoms with Crippen molar-refractivity contribution >= 4 is 38.5 Å². The summed E-state index contributed by atoms with van der Waals surface area (Å²) in [4.78, 5) is 0. The Morgan fingerprint density at radius 1 is 1.50 bits per heavy atom. The molecule has 0 aliphatic rings. The SMILES string of the molecule is CCCCCC(Br)I. The molecule has 50 valence electrons. The molecule has 2 heteroatoms. The Kier molecular flexibility index (Phi) is 7.29. The number of halogens is 2. The van der Waals surface area contributed by atoms with Crippen molar-refractivity contribution in [3.8, 4) is 0 Å². The zero-order chi connectivity index (χ0) is 6.41. The smallest absolute Gasteiger partial charge is 0.0662 e. The molecular weight excluding hydrogens is 279 g/mol. The molecule has 0 aromatic carbocycles. The maximum absolute atomic E-state index is 3.49. The Balaban J connectivity index is 2.72. The van der Waals surface area contributed by atoms with Crippen LogP contribution in [0.2, 0.25) is 0 Å². The molecule has 0 amide bonds. The van der Waals surface area contributed by atoms with Crippen molar-refractivity contribution < 1.29 is 0 Å². The molecule has 0 bridgehead atoms. The molecule has 0 aromatic heterocycles. The normalized spacial score (nSPS) is 13.9. The van der Waals surface area contributed by atoms with Crippen LogP contribution in [0, 0.1) is 0 Å². The molecule has 0 nitrogen and oxygen atoms in total. The van der Waals surface area contributed by atoms with Gasteiger partial charge in [-0.15, -0.1) is 0 Å². The van der Waals surface area contributed by atoms with Crippen LogP contribution in [-0.2, 0) is 0 Å². The van der Waals surface area contributed by atoms with Crippen molar-refractivity contribution in [3.05, 3.63) is 0 Å². The molecule has 0 heterocycles. The highest BCUT2D eigenvalue weighted by Gasteiger charge is 1.94. The maximum Gasteiger partial charge on any atom is 0.0662 e. The molecule has 0 spiro atoms. The van der Waals surface area contributed by atoms with Gasteiger partial charge in [-0.1, -0.05) is 64.7 Å². The van der Waals surface area contributed by atoms with Gasteiger partial charge in [-0.25, -0.2) is 0 Å². The van der Waals surface area contributed by atoms with Crippen LogP contribution in [0.3, 0.4) is 0 Å². The van der Waals surface area contributed by atoms with E-state index in [9.17, 15) is 0 Å². The van der Waals surface area contributed by atoms with Crippen molar-refractivity contribution in [2.75, 3.05) is 0 Å². The van der Waals surface area contributed by atoms with Crippen molar-refractivity contribution in [1.82, 2.24) is 0 Å². The van der Waals surface area contributed by atoms with E-state index in [4.69, 9.17) is 0 Å². The van der Waals surface area contributed by atoms with Crippen molar-refractivity contribution in [1.29, 1.82) is 0 Å². The fourth-order valence-electron chi connectivity index (χ4n) is 0.549. The second kappa shape index (κ2) is 6.33. The lowest BCUT2D eigenvalue weighted by Gasteiger charge is -1.97. The summed E-state index contributed by atoms with van der Waals surface area (Å²) in [6, 6.07) is 0. The van der Waals surface area contributed by atoms with Gasteiger partial charge in [0.25, 0.3) is 0 Å². The summed E-state index contributed by atoms with van der Waals surface area (Å²) in [5, 5.41) is 0. The first kappa shape index (κ1) is 9.21. The van der Waals surface area contributed by atoms with Gasteiger partial charge in [0.05, 0.1) is 2.83 Å². The average molecular weight is 291 g/mol. The highest BCUT2D eigenvalue weighted by Crippen LogP contribution is 2.16. The number of alkyl halides is 2. The molecule has 1 unspecified atom stereocenters. The molecule has 0 radical (unpaired) electrons. The fraction of sp³-hybridized carbons (Fsp3) is 1.00. The third kappa shape index (κ3) is 7.21. The monoisotopic (exact) mass is 290 g/mol. The summed E-state index contributed by atoms with van der Waals surface area (Å²) < 4.78 is 0.687. The summed E-state index contributed by atoms with van der Waals surface area (Å²) in [6.45, 7) is 2.23. The highest BCUT2D eigenvalue weighted by molar-refractivity contribution is 14.1. The van der Waals surface area contributed by atoms with Gasteiger partial charge in [-0.05, 0) is 6.42 Å². The molecule has 0 rings (SSSR count). The lowest BCUT2D eigenvalue weighted by Crippen LogP contribution is -1.83. The van der Waals surface area contributed by atoms with E-state index < -0.39 is 0 Å². The van der Waals surface area contributed by atoms with E-state index in [-0.39, 0.29) is 0 Å². The predicted octanol–water partition coefficient (Wildman–Crippen LogP) is 3.72. The Bertz CT molecular complexity index is 45.8. The average Bonchev–Trinajstić information content (AvgIpc) is 1.66. The fourth-order valence-corrected chi connectivity index (χ4v) is 1.31. The van der Waals surface area contributed by atoms with Gasteiger partial charge < -0.3 is 0 Å². The van der Waals surface area contributed by atoms with E-state index >= 15 is 0 Å². The molecule has 8 heavy (non-hydrogen) atoms. The molecule has 0 saturated carbocycles. The maximum atomic E-state index is 3.49. The minimum atomic E-state index is 0.687. The Hall–Kier alpha value is 1.21. The first-order chi connectivity index (χ1) is 3.77. The highest BCUT2D eigenvalue weighted by atomic mass is 127. The van der Waals surface area contributed by atoms with E-state index in [2.05, 4.69) is 45.4 Å². The standard InChI is InChI=1S/C6H12BrI/c1-2-3-4-5-6(7)8/h6H,2-5H2,1H3. The van der Waals surface area contributed by atoms with Gasteiger partial charge in [-0.2, -0.15) is 0 Å². The molecule has 1 atom stereocenters. The molecule has 0 saturated heterocycles. The first-order valence-corrected chi connectivity index (χ1v) is 5.21. The minimum absolute atomic E-state index is 0.687. The molecule has 0 fully saturated rings. The summed E-state index contributed by atoms with van der Waals surface area (Å²) in [5.74, 6) is 0. The van der Waals surface area contributed by atoms with E-state index in [1.54, 1.807) is 0 Å². The van der Waals surface area contributed by atoms with E-state index in [0.29, 0.717) is 2.83 Å². The van der Waals surface area contributed by atoms with E-state index in [0.717, 1.165) is 0 Å². The van der Waals surface area contributed by atoms with Crippen LogP contribution >= 0.6 is 38.5 Å². The summed E-state index contributed by atoms with van der Waals surface area (Å²) >= 11 is 5.89. The number of unbranched alkanes of at least 4 members (excludes halogenated alkanes) is 2. The largest absolute Gasteiger partial charge is 0.0775 e. The second-order valence-electron chi connectivity index (χ2n) is 1.89. The number of rotatable bonds is 4. The Morgan fingerprint density at radius 2 is 2.12 bits per heavy atom. The van der Waals surface area contributed by atoms with Gasteiger partial charge >= 0.3 is 0 Å². The lowest BCUT2D eigenvalue weighted by atomic mass is 10.2. The third-order valence-electron chi connectivity index (χ3n) is 1.03. The molecule has 0 aliphatic heterocycles. The van der Waals surface area contributed by atoms with Gasteiger partial charge in [-0.3, -0.25) is 0 Å².